The summed E-state index contributed by atoms with van der Waals surface area (Å²) < 4.78 is 0. The minimum absolute atomic E-state index is 0.0980. The van der Waals surface area contributed by atoms with E-state index in [4.69, 9.17) is 28.9 Å². The van der Waals surface area contributed by atoms with Crippen LogP contribution in [0.1, 0.15) is 36.0 Å². The minimum Gasteiger partial charge on any atom is -0.481 e. The van der Waals surface area contributed by atoms with Crippen molar-refractivity contribution in [3.8, 4) is 0 Å². The molecule has 0 aromatic heterocycles. The predicted molar refractivity (Wildman–Crippen MR) is 81.7 cm³/mol. The fraction of sp³-hybridized carbons (Fsp3) is 0.429. The van der Waals surface area contributed by atoms with Crippen LogP contribution in [0, 0.1) is 5.41 Å². The molecule has 1 aliphatic rings. The van der Waals surface area contributed by atoms with Crippen molar-refractivity contribution in [2.75, 3.05) is 12.3 Å². The van der Waals surface area contributed by atoms with Gasteiger partial charge in [0.2, 0.25) is 0 Å². The van der Waals surface area contributed by atoms with Crippen LogP contribution in [0.25, 0.3) is 0 Å². The number of hydrogen-bond acceptors (Lipinski definition) is 3. The van der Waals surface area contributed by atoms with Crippen molar-refractivity contribution in [2.45, 2.75) is 25.7 Å². The van der Waals surface area contributed by atoms with Gasteiger partial charge in [-0.2, -0.15) is 0 Å². The van der Waals surface area contributed by atoms with E-state index < -0.39 is 17.3 Å². The van der Waals surface area contributed by atoms with Crippen molar-refractivity contribution >= 4 is 40.8 Å². The van der Waals surface area contributed by atoms with E-state index >= 15 is 0 Å². The number of anilines is 1. The molecule has 1 aromatic carbocycles. The number of halogens is 2. The first-order valence-corrected chi connectivity index (χ1v) is 7.37. The lowest BCUT2D eigenvalue weighted by atomic mass is 9.86. The molecule has 0 heterocycles. The van der Waals surface area contributed by atoms with E-state index in [0.717, 1.165) is 12.8 Å². The van der Waals surface area contributed by atoms with Crippen LogP contribution in [0.15, 0.2) is 12.1 Å². The van der Waals surface area contributed by atoms with Gasteiger partial charge in [-0.15, -0.1) is 0 Å². The second kappa shape index (κ2) is 6.12. The molecule has 0 spiro atoms. The van der Waals surface area contributed by atoms with Gasteiger partial charge in [0.05, 0.1) is 21.1 Å². The van der Waals surface area contributed by atoms with Gasteiger partial charge in [0, 0.05) is 12.1 Å². The van der Waals surface area contributed by atoms with Crippen LogP contribution in [0.5, 0.6) is 0 Å². The molecular formula is C14H16Cl2N2O3. The van der Waals surface area contributed by atoms with Crippen LogP contribution in [0.3, 0.4) is 0 Å². The maximum Gasteiger partial charge on any atom is 0.311 e. The highest BCUT2D eigenvalue weighted by Gasteiger charge is 2.41. The third kappa shape index (κ3) is 3.24. The van der Waals surface area contributed by atoms with E-state index in [9.17, 15) is 14.7 Å². The maximum atomic E-state index is 12.1. The second-order valence-electron chi connectivity index (χ2n) is 5.33. The van der Waals surface area contributed by atoms with E-state index in [1.54, 1.807) is 0 Å². The highest BCUT2D eigenvalue weighted by molar-refractivity contribution is 6.39. The molecule has 1 fully saturated rings. The highest BCUT2D eigenvalue weighted by Crippen LogP contribution is 2.38. The number of carboxylic acids is 1. The van der Waals surface area contributed by atoms with Gasteiger partial charge in [0.1, 0.15) is 0 Å². The Morgan fingerprint density at radius 1 is 1.24 bits per heavy atom. The summed E-state index contributed by atoms with van der Waals surface area (Å²) >= 11 is 11.8. The lowest BCUT2D eigenvalue weighted by molar-refractivity contribution is -0.148. The molecule has 0 unspecified atom stereocenters. The first kappa shape index (κ1) is 15.9. The van der Waals surface area contributed by atoms with E-state index in [1.165, 1.54) is 12.1 Å². The largest absolute Gasteiger partial charge is 0.481 e. The fourth-order valence-corrected chi connectivity index (χ4v) is 3.07. The van der Waals surface area contributed by atoms with Gasteiger partial charge in [0.25, 0.3) is 5.91 Å². The summed E-state index contributed by atoms with van der Waals surface area (Å²) in [5, 5.41) is 12.4. The van der Waals surface area contributed by atoms with Crippen LogP contribution in [-0.4, -0.2) is 23.5 Å². The summed E-state index contributed by atoms with van der Waals surface area (Å²) in [4.78, 5) is 23.5. The Morgan fingerprint density at radius 3 is 2.24 bits per heavy atom. The van der Waals surface area contributed by atoms with E-state index in [1.807, 2.05) is 0 Å². The van der Waals surface area contributed by atoms with E-state index in [2.05, 4.69) is 5.32 Å². The average molecular weight is 331 g/mol. The normalized spacial score (nSPS) is 16.7. The number of carbonyl (C=O) groups is 2. The summed E-state index contributed by atoms with van der Waals surface area (Å²) in [6.45, 7) is 0.0980. The number of carboxylic acid groups (broad SMARTS) is 1. The van der Waals surface area contributed by atoms with Gasteiger partial charge in [-0.1, -0.05) is 36.0 Å². The molecule has 114 valence electrons. The fourth-order valence-electron chi connectivity index (χ4n) is 2.58. The number of nitrogen functional groups attached to an aromatic ring is 1. The Balaban J connectivity index is 2.10. The quantitative estimate of drug-likeness (QED) is 0.740. The number of aliphatic carboxylic acids is 1. The molecule has 0 bridgehead atoms. The van der Waals surface area contributed by atoms with Crippen molar-refractivity contribution in [3.63, 3.8) is 0 Å². The predicted octanol–water partition coefficient (Wildman–Crippen LogP) is 2.95. The van der Waals surface area contributed by atoms with Gasteiger partial charge in [-0.05, 0) is 25.0 Å². The number of hydrogen-bond donors (Lipinski definition) is 3. The molecule has 7 heteroatoms. The summed E-state index contributed by atoms with van der Waals surface area (Å²) in [6.07, 6.45) is 2.88. The standard InChI is InChI=1S/C14H16Cl2N2O3/c15-9-5-8(6-10(16)11(9)17)12(19)18-7-14(13(20)21)3-1-2-4-14/h5-6H,1-4,7,17H2,(H,18,19)(H,20,21). The Kier molecular flexibility index (Phi) is 4.64. The number of nitrogens with one attached hydrogen (secondary N) is 1. The summed E-state index contributed by atoms with van der Waals surface area (Å²) in [5.74, 6) is -1.28. The monoisotopic (exact) mass is 330 g/mol. The van der Waals surface area contributed by atoms with Crippen molar-refractivity contribution < 1.29 is 14.7 Å². The van der Waals surface area contributed by atoms with Crippen LogP contribution in [0.4, 0.5) is 5.69 Å². The molecule has 4 N–H and O–H groups in total. The molecule has 5 nitrogen and oxygen atoms in total. The Morgan fingerprint density at radius 2 is 1.76 bits per heavy atom. The molecule has 0 radical (unpaired) electrons. The summed E-state index contributed by atoms with van der Waals surface area (Å²) in [5.41, 5.74) is 5.23. The highest BCUT2D eigenvalue weighted by atomic mass is 35.5. The average Bonchev–Trinajstić information content (AvgIpc) is 2.91. The summed E-state index contributed by atoms with van der Waals surface area (Å²) in [7, 11) is 0. The van der Waals surface area contributed by atoms with Gasteiger partial charge >= 0.3 is 5.97 Å². The van der Waals surface area contributed by atoms with Crippen molar-refractivity contribution in [1.82, 2.24) is 5.32 Å². The third-order valence-electron chi connectivity index (χ3n) is 3.94. The number of amides is 1. The SMILES string of the molecule is Nc1c(Cl)cc(C(=O)NCC2(C(=O)O)CCCC2)cc1Cl. The van der Waals surface area contributed by atoms with Crippen molar-refractivity contribution in [3.05, 3.63) is 27.7 Å². The molecule has 1 aromatic rings. The Hall–Kier alpha value is -1.46. The van der Waals surface area contributed by atoms with Crippen LogP contribution >= 0.6 is 23.2 Å². The number of benzene rings is 1. The zero-order valence-corrected chi connectivity index (χ0v) is 12.8. The van der Waals surface area contributed by atoms with E-state index in [0.29, 0.717) is 12.8 Å². The lowest BCUT2D eigenvalue weighted by Crippen LogP contribution is -2.41. The lowest BCUT2D eigenvalue weighted by Gasteiger charge is -2.24. The molecular weight excluding hydrogens is 315 g/mol. The minimum atomic E-state index is -0.867. The van der Waals surface area contributed by atoms with Crippen LogP contribution in [0.2, 0.25) is 10.0 Å². The molecule has 0 aliphatic heterocycles. The molecule has 1 amide bonds. The Labute approximate surface area is 132 Å². The Bertz CT molecular complexity index is 561. The van der Waals surface area contributed by atoms with Gasteiger partial charge in [0.15, 0.2) is 0 Å². The van der Waals surface area contributed by atoms with Crippen LogP contribution in [-0.2, 0) is 4.79 Å². The first-order chi connectivity index (χ1) is 9.85. The van der Waals surface area contributed by atoms with Gasteiger partial charge in [-0.25, -0.2) is 0 Å². The number of rotatable bonds is 4. The van der Waals surface area contributed by atoms with E-state index in [-0.39, 0.29) is 27.8 Å². The zero-order chi connectivity index (χ0) is 15.6. The number of nitrogens with two attached hydrogens (primary N) is 1. The van der Waals surface area contributed by atoms with Crippen molar-refractivity contribution in [2.24, 2.45) is 5.41 Å². The summed E-state index contributed by atoms with van der Waals surface area (Å²) in [6, 6.07) is 2.83. The smallest absolute Gasteiger partial charge is 0.311 e. The second-order valence-corrected chi connectivity index (χ2v) is 6.14. The van der Waals surface area contributed by atoms with Gasteiger partial charge in [-0.3, -0.25) is 9.59 Å². The third-order valence-corrected chi connectivity index (χ3v) is 4.57. The topological polar surface area (TPSA) is 92.4 Å². The number of carbonyl (C=O) groups excluding carboxylic acids is 1. The first-order valence-electron chi connectivity index (χ1n) is 6.62. The molecule has 1 aliphatic carbocycles. The molecule has 21 heavy (non-hydrogen) atoms. The zero-order valence-electron chi connectivity index (χ0n) is 11.3. The molecule has 1 saturated carbocycles. The maximum absolute atomic E-state index is 12.1. The van der Waals surface area contributed by atoms with Crippen molar-refractivity contribution in [1.29, 1.82) is 0 Å². The molecule has 2 rings (SSSR count). The van der Waals surface area contributed by atoms with Crippen LogP contribution < -0.4 is 11.1 Å². The van der Waals surface area contributed by atoms with Gasteiger partial charge < -0.3 is 16.2 Å². The molecule has 0 atom stereocenters. The molecule has 0 saturated heterocycles.